The summed E-state index contributed by atoms with van der Waals surface area (Å²) in [7, 11) is 5.91. The van der Waals surface area contributed by atoms with Crippen LogP contribution in [0.1, 0.15) is 16.7 Å². The van der Waals surface area contributed by atoms with Gasteiger partial charge in [0.15, 0.2) is 5.96 Å². The number of hydrogen-bond donors (Lipinski definition) is 2. The van der Waals surface area contributed by atoms with Crippen LogP contribution in [0.15, 0.2) is 47.5 Å². The van der Waals surface area contributed by atoms with Crippen molar-refractivity contribution in [2.45, 2.75) is 19.4 Å². The lowest BCUT2D eigenvalue weighted by Crippen LogP contribution is -2.37. The maximum Gasteiger partial charge on any atom is 0.191 e. The van der Waals surface area contributed by atoms with E-state index in [0.717, 1.165) is 44.2 Å². The lowest BCUT2D eigenvalue weighted by Gasteiger charge is -2.15. The number of halogens is 1. The molecule has 1 heterocycles. The molecular formula is C21H29IN4O. The van der Waals surface area contributed by atoms with Crippen LogP contribution < -0.4 is 20.3 Å². The molecule has 2 aromatic carbocycles. The second-order valence-corrected chi connectivity index (χ2v) is 6.71. The van der Waals surface area contributed by atoms with Gasteiger partial charge in [-0.2, -0.15) is 0 Å². The maximum atomic E-state index is 5.56. The van der Waals surface area contributed by atoms with E-state index in [2.05, 4.69) is 77.1 Å². The van der Waals surface area contributed by atoms with Crippen molar-refractivity contribution in [1.82, 2.24) is 10.6 Å². The van der Waals surface area contributed by atoms with Crippen LogP contribution in [0, 0.1) is 0 Å². The fraction of sp³-hybridized carbons (Fsp3) is 0.381. The smallest absolute Gasteiger partial charge is 0.191 e. The van der Waals surface area contributed by atoms with Crippen molar-refractivity contribution in [2.24, 2.45) is 4.99 Å². The van der Waals surface area contributed by atoms with Gasteiger partial charge in [0.25, 0.3) is 0 Å². The Balaban J connectivity index is 0.00000261. The van der Waals surface area contributed by atoms with E-state index in [1.807, 2.05) is 0 Å². The molecule has 1 aliphatic rings. The fourth-order valence-electron chi connectivity index (χ4n) is 3.07. The van der Waals surface area contributed by atoms with E-state index in [9.17, 15) is 0 Å². The molecule has 0 unspecified atom stereocenters. The molecule has 0 atom stereocenters. The average Bonchev–Trinajstić information content (AvgIpc) is 3.12. The van der Waals surface area contributed by atoms with Gasteiger partial charge in [-0.3, -0.25) is 4.99 Å². The van der Waals surface area contributed by atoms with Gasteiger partial charge in [-0.25, -0.2) is 0 Å². The highest BCUT2D eigenvalue weighted by Crippen LogP contribution is 2.25. The highest BCUT2D eigenvalue weighted by molar-refractivity contribution is 14.0. The molecule has 0 fully saturated rings. The van der Waals surface area contributed by atoms with Crippen LogP contribution in [0.2, 0.25) is 0 Å². The minimum Gasteiger partial charge on any atom is -0.493 e. The molecule has 27 heavy (non-hydrogen) atoms. The van der Waals surface area contributed by atoms with Crippen LogP contribution in [-0.4, -0.2) is 40.3 Å². The second-order valence-electron chi connectivity index (χ2n) is 6.71. The van der Waals surface area contributed by atoms with Crippen molar-refractivity contribution in [3.05, 3.63) is 59.2 Å². The topological polar surface area (TPSA) is 48.9 Å². The number of ether oxygens (including phenoxy) is 1. The first kappa shape index (κ1) is 21.3. The predicted octanol–water partition coefficient (Wildman–Crippen LogP) is 3.21. The summed E-state index contributed by atoms with van der Waals surface area (Å²) in [6.45, 7) is 2.40. The fourth-order valence-corrected chi connectivity index (χ4v) is 3.07. The highest BCUT2D eigenvalue weighted by atomic mass is 127. The van der Waals surface area contributed by atoms with Crippen LogP contribution >= 0.6 is 24.0 Å². The van der Waals surface area contributed by atoms with Crippen molar-refractivity contribution in [2.75, 3.05) is 39.2 Å². The van der Waals surface area contributed by atoms with Gasteiger partial charge in [0.05, 0.1) is 6.61 Å². The second kappa shape index (κ2) is 10.4. The first-order valence-corrected chi connectivity index (χ1v) is 9.11. The Morgan fingerprint density at radius 1 is 1.11 bits per heavy atom. The quantitative estimate of drug-likeness (QED) is 0.379. The number of benzene rings is 2. The lowest BCUT2D eigenvalue weighted by atomic mass is 10.1. The van der Waals surface area contributed by atoms with Gasteiger partial charge in [-0.1, -0.05) is 24.3 Å². The van der Waals surface area contributed by atoms with Gasteiger partial charge in [0.1, 0.15) is 5.75 Å². The molecule has 6 heteroatoms. The van der Waals surface area contributed by atoms with Crippen molar-refractivity contribution >= 4 is 35.6 Å². The number of nitrogens with zero attached hydrogens (tertiary/aromatic N) is 2. The third-order valence-electron chi connectivity index (χ3n) is 4.57. The van der Waals surface area contributed by atoms with Gasteiger partial charge >= 0.3 is 0 Å². The molecule has 0 saturated heterocycles. The summed E-state index contributed by atoms with van der Waals surface area (Å²) in [5.74, 6) is 1.86. The van der Waals surface area contributed by atoms with Gasteiger partial charge in [0.2, 0.25) is 0 Å². The van der Waals surface area contributed by atoms with E-state index in [4.69, 9.17) is 4.74 Å². The lowest BCUT2D eigenvalue weighted by molar-refractivity contribution is 0.357. The summed E-state index contributed by atoms with van der Waals surface area (Å²) < 4.78 is 5.56. The van der Waals surface area contributed by atoms with Crippen molar-refractivity contribution in [3.8, 4) is 5.75 Å². The van der Waals surface area contributed by atoms with E-state index >= 15 is 0 Å². The average molecular weight is 480 g/mol. The molecule has 5 nitrogen and oxygen atoms in total. The molecule has 0 spiro atoms. The molecule has 0 aliphatic carbocycles. The Kier molecular flexibility index (Phi) is 8.22. The summed E-state index contributed by atoms with van der Waals surface area (Å²) >= 11 is 0. The van der Waals surface area contributed by atoms with Crippen LogP contribution in [-0.2, 0) is 19.4 Å². The van der Waals surface area contributed by atoms with Gasteiger partial charge in [-0.05, 0) is 41.3 Å². The predicted molar refractivity (Wildman–Crippen MR) is 124 cm³/mol. The minimum atomic E-state index is 0. The first-order valence-electron chi connectivity index (χ1n) is 9.11. The van der Waals surface area contributed by atoms with E-state index in [1.165, 1.54) is 22.4 Å². The summed E-state index contributed by atoms with van der Waals surface area (Å²) in [5, 5.41) is 6.77. The number of guanidine groups is 1. The Bertz CT molecular complexity index is 777. The van der Waals surface area contributed by atoms with Crippen molar-refractivity contribution in [1.29, 1.82) is 0 Å². The number of anilines is 1. The van der Waals surface area contributed by atoms with Crippen LogP contribution in [0.4, 0.5) is 5.69 Å². The molecule has 0 aromatic heterocycles. The Morgan fingerprint density at radius 3 is 2.74 bits per heavy atom. The van der Waals surface area contributed by atoms with Crippen molar-refractivity contribution in [3.63, 3.8) is 0 Å². The van der Waals surface area contributed by atoms with Crippen LogP contribution in [0.5, 0.6) is 5.75 Å². The molecule has 2 aromatic rings. The normalized spacial score (nSPS) is 12.6. The molecule has 3 rings (SSSR count). The molecule has 0 radical (unpaired) electrons. The van der Waals surface area contributed by atoms with Crippen LogP contribution in [0.3, 0.4) is 0 Å². The summed E-state index contributed by atoms with van der Waals surface area (Å²) in [5.41, 5.74) is 5.09. The Labute approximate surface area is 179 Å². The standard InChI is InChI=1S/C21H28N4O.HI/c1-22-21(24-15-17-5-4-6-19(14-17)25(2)3)23-11-9-16-7-8-20-18(13-16)10-12-26-20;/h4-8,13-14H,9-12,15H2,1-3H3,(H2,22,23,24);1H. The molecule has 0 bridgehead atoms. The van der Waals surface area contributed by atoms with Crippen molar-refractivity contribution < 1.29 is 4.74 Å². The van der Waals surface area contributed by atoms with E-state index in [-0.39, 0.29) is 24.0 Å². The highest BCUT2D eigenvalue weighted by Gasteiger charge is 2.11. The number of rotatable bonds is 6. The van der Waals surface area contributed by atoms with Gasteiger partial charge < -0.3 is 20.3 Å². The van der Waals surface area contributed by atoms with E-state index < -0.39 is 0 Å². The number of fused-ring (bicyclic) bond motifs is 1. The molecule has 0 amide bonds. The molecule has 2 N–H and O–H groups in total. The largest absolute Gasteiger partial charge is 0.493 e. The Morgan fingerprint density at radius 2 is 1.96 bits per heavy atom. The van der Waals surface area contributed by atoms with E-state index in [1.54, 1.807) is 7.05 Å². The third-order valence-corrected chi connectivity index (χ3v) is 4.57. The first-order chi connectivity index (χ1) is 12.7. The monoisotopic (exact) mass is 480 g/mol. The molecule has 146 valence electrons. The van der Waals surface area contributed by atoms with Gasteiger partial charge in [-0.15, -0.1) is 24.0 Å². The molecule has 1 aliphatic heterocycles. The van der Waals surface area contributed by atoms with Crippen LogP contribution in [0.25, 0.3) is 0 Å². The summed E-state index contributed by atoms with van der Waals surface area (Å²) in [4.78, 5) is 6.42. The zero-order chi connectivity index (χ0) is 18.4. The SMILES string of the molecule is CN=C(NCCc1ccc2c(c1)CCO2)NCc1cccc(N(C)C)c1.I. The zero-order valence-corrected chi connectivity index (χ0v) is 18.6. The van der Waals surface area contributed by atoms with Gasteiger partial charge in [0, 0.05) is 46.3 Å². The summed E-state index contributed by atoms with van der Waals surface area (Å²) in [6, 6.07) is 15.0. The third kappa shape index (κ3) is 6.02. The zero-order valence-electron chi connectivity index (χ0n) is 16.3. The molecular weight excluding hydrogens is 451 g/mol. The number of aliphatic imine (C=N–C) groups is 1. The Hall–Kier alpha value is -1.96. The summed E-state index contributed by atoms with van der Waals surface area (Å²) in [6.07, 6.45) is 1.98. The molecule has 0 saturated carbocycles. The van der Waals surface area contributed by atoms with E-state index in [0.29, 0.717) is 0 Å². The number of hydrogen-bond acceptors (Lipinski definition) is 3. The number of nitrogens with one attached hydrogen (secondary N) is 2. The minimum absolute atomic E-state index is 0. The maximum absolute atomic E-state index is 5.56.